The third-order valence-corrected chi connectivity index (χ3v) is 2.64. The van der Waals surface area contributed by atoms with Gasteiger partial charge in [0.25, 0.3) is 0 Å². The van der Waals surface area contributed by atoms with Crippen molar-refractivity contribution in [3.63, 3.8) is 0 Å². The summed E-state index contributed by atoms with van der Waals surface area (Å²) in [6, 6.07) is 8.92. The van der Waals surface area contributed by atoms with Crippen molar-refractivity contribution in [2.75, 3.05) is 7.11 Å². The monoisotopic (exact) mass is 218 g/mol. The average molecular weight is 218 g/mol. The smallest absolute Gasteiger partial charge is 0.0817 e. The highest BCUT2D eigenvalue weighted by molar-refractivity contribution is 5.25. The van der Waals surface area contributed by atoms with E-state index in [-0.39, 0.29) is 0 Å². The number of hydrogen-bond donors (Lipinski definition) is 0. The summed E-state index contributed by atoms with van der Waals surface area (Å²) in [5.74, 6) is 0. The van der Waals surface area contributed by atoms with E-state index in [0.717, 1.165) is 6.42 Å². The van der Waals surface area contributed by atoms with E-state index >= 15 is 0 Å². The molecule has 0 unspecified atom stereocenters. The summed E-state index contributed by atoms with van der Waals surface area (Å²) < 4.78 is 4.99. The molecule has 0 amide bonds. The average Bonchev–Trinajstić information content (AvgIpc) is 2.28. The molecule has 88 valence electrons. The SMILES string of the molecule is CCCCc1ccc(C/C(C)=C/OC)cc1. The van der Waals surface area contributed by atoms with Crippen molar-refractivity contribution in [3.05, 3.63) is 47.2 Å². The lowest BCUT2D eigenvalue weighted by Crippen LogP contribution is -1.90. The Labute approximate surface area is 99.1 Å². The van der Waals surface area contributed by atoms with Gasteiger partial charge in [0.05, 0.1) is 13.4 Å². The van der Waals surface area contributed by atoms with Crippen molar-refractivity contribution < 1.29 is 4.74 Å². The van der Waals surface area contributed by atoms with Gasteiger partial charge in [0.2, 0.25) is 0 Å². The summed E-state index contributed by atoms with van der Waals surface area (Å²) in [7, 11) is 1.69. The van der Waals surface area contributed by atoms with Crippen LogP contribution in [0.5, 0.6) is 0 Å². The van der Waals surface area contributed by atoms with E-state index in [0.29, 0.717) is 0 Å². The number of allylic oxidation sites excluding steroid dienone is 1. The second-order valence-corrected chi connectivity index (χ2v) is 4.30. The molecule has 16 heavy (non-hydrogen) atoms. The highest BCUT2D eigenvalue weighted by Crippen LogP contribution is 2.11. The van der Waals surface area contributed by atoms with E-state index in [9.17, 15) is 0 Å². The molecule has 0 saturated heterocycles. The van der Waals surface area contributed by atoms with E-state index in [1.54, 1.807) is 7.11 Å². The Bertz CT molecular complexity index is 322. The van der Waals surface area contributed by atoms with E-state index in [1.807, 2.05) is 6.26 Å². The minimum absolute atomic E-state index is 0.974. The van der Waals surface area contributed by atoms with Crippen LogP contribution in [0.2, 0.25) is 0 Å². The van der Waals surface area contributed by atoms with E-state index in [4.69, 9.17) is 4.74 Å². The number of benzene rings is 1. The number of methoxy groups -OCH3 is 1. The summed E-state index contributed by atoms with van der Waals surface area (Å²) in [5.41, 5.74) is 4.05. The number of unbranched alkanes of at least 4 members (excludes halogenated alkanes) is 1. The Morgan fingerprint density at radius 2 is 1.81 bits per heavy atom. The number of aryl methyl sites for hydroxylation is 1. The van der Waals surface area contributed by atoms with Crippen molar-refractivity contribution in [1.82, 2.24) is 0 Å². The second-order valence-electron chi connectivity index (χ2n) is 4.30. The zero-order valence-corrected chi connectivity index (χ0v) is 10.6. The number of ether oxygens (including phenoxy) is 1. The maximum atomic E-state index is 4.99. The molecule has 1 rings (SSSR count). The molecule has 0 heterocycles. The standard InChI is InChI=1S/C15H22O/c1-4-5-6-14-7-9-15(10-8-14)11-13(2)12-16-3/h7-10,12H,4-6,11H2,1-3H3/b13-12+. The molecule has 0 bridgehead atoms. The van der Waals surface area contributed by atoms with Crippen molar-refractivity contribution in [3.8, 4) is 0 Å². The largest absolute Gasteiger partial charge is 0.504 e. The van der Waals surface area contributed by atoms with Crippen LogP contribution in [0, 0.1) is 0 Å². The zero-order chi connectivity index (χ0) is 11.8. The molecule has 1 aromatic carbocycles. The van der Waals surface area contributed by atoms with Crippen LogP contribution in [0.15, 0.2) is 36.1 Å². The Kier molecular flexibility index (Phi) is 5.69. The van der Waals surface area contributed by atoms with E-state index < -0.39 is 0 Å². The molecule has 0 fully saturated rings. The molecular formula is C15H22O. The van der Waals surface area contributed by atoms with Crippen LogP contribution in [0.25, 0.3) is 0 Å². The summed E-state index contributed by atoms with van der Waals surface area (Å²) in [6.45, 7) is 4.32. The van der Waals surface area contributed by atoms with Crippen LogP contribution in [0.3, 0.4) is 0 Å². The predicted molar refractivity (Wildman–Crippen MR) is 69.5 cm³/mol. The van der Waals surface area contributed by atoms with Crippen LogP contribution in [-0.4, -0.2) is 7.11 Å². The van der Waals surface area contributed by atoms with Crippen LogP contribution in [0.1, 0.15) is 37.8 Å². The Hall–Kier alpha value is -1.24. The van der Waals surface area contributed by atoms with Crippen molar-refractivity contribution >= 4 is 0 Å². The Balaban J connectivity index is 2.54. The maximum absolute atomic E-state index is 4.99. The fourth-order valence-electron chi connectivity index (χ4n) is 1.77. The molecule has 0 saturated carbocycles. The molecule has 0 aliphatic rings. The van der Waals surface area contributed by atoms with Gasteiger partial charge in [-0.05, 0) is 42.9 Å². The summed E-state index contributed by atoms with van der Waals surface area (Å²) in [4.78, 5) is 0. The topological polar surface area (TPSA) is 9.23 Å². The van der Waals surface area contributed by atoms with Gasteiger partial charge in [0.1, 0.15) is 0 Å². The lowest BCUT2D eigenvalue weighted by atomic mass is 10.0. The predicted octanol–water partition coefficient (Wildman–Crippen LogP) is 4.12. The number of hydrogen-bond acceptors (Lipinski definition) is 1. The third kappa shape index (κ3) is 4.52. The zero-order valence-electron chi connectivity index (χ0n) is 10.6. The summed E-state index contributed by atoms with van der Waals surface area (Å²) in [5, 5.41) is 0. The molecular weight excluding hydrogens is 196 g/mol. The lowest BCUT2D eigenvalue weighted by molar-refractivity contribution is 0.333. The maximum Gasteiger partial charge on any atom is 0.0817 e. The summed E-state index contributed by atoms with van der Waals surface area (Å²) >= 11 is 0. The molecule has 1 aromatic rings. The van der Waals surface area contributed by atoms with Crippen LogP contribution in [0.4, 0.5) is 0 Å². The second kappa shape index (κ2) is 7.10. The summed E-state index contributed by atoms with van der Waals surface area (Å²) in [6.07, 6.45) is 6.52. The molecule has 0 aliphatic heterocycles. The first-order chi connectivity index (χ1) is 7.76. The third-order valence-electron chi connectivity index (χ3n) is 2.64. The van der Waals surface area contributed by atoms with Gasteiger partial charge in [-0.3, -0.25) is 0 Å². The fourth-order valence-corrected chi connectivity index (χ4v) is 1.77. The van der Waals surface area contributed by atoms with Crippen molar-refractivity contribution in [2.24, 2.45) is 0 Å². The van der Waals surface area contributed by atoms with Gasteiger partial charge in [-0.25, -0.2) is 0 Å². The van der Waals surface area contributed by atoms with Gasteiger partial charge < -0.3 is 4.74 Å². The lowest BCUT2D eigenvalue weighted by Gasteiger charge is -2.04. The van der Waals surface area contributed by atoms with Crippen LogP contribution >= 0.6 is 0 Å². The van der Waals surface area contributed by atoms with Crippen LogP contribution < -0.4 is 0 Å². The molecule has 0 radical (unpaired) electrons. The molecule has 1 heteroatoms. The van der Waals surface area contributed by atoms with Gasteiger partial charge in [-0.15, -0.1) is 0 Å². The first-order valence-corrected chi connectivity index (χ1v) is 6.02. The minimum Gasteiger partial charge on any atom is -0.504 e. The fraction of sp³-hybridized carbons (Fsp3) is 0.467. The molecule has 0 atom stereocenters. The van der Waals surface area contributed by atoms with Gasteiger partial charge >= 0.3 is 0 Å². The molecule has 0 aliphatic carbocycles. The van der Waals surface area contributed by atoms with Gasteiger partial charge in [-0.2, -0.15) is 0 Å². The Morgan fingerprint density at radius 1 is 1.19 bits per heavy atom. The molecule has 0 spiro atoms. The highest BCUT2D eigenvalue weighted by atomic mass is 16.5. The van der Waals surface area contributed by atoms with Gasteiger partial charge in [0, 0.05) is 0 Å². The minimum atomic E-state index is 0.974. The molecule has 0 aromatic heterocycles. The molecule has 1 nitrogen and oxygen atoms in total. The first kappa shape index (κ1) is 12.8. The van der Waals surface area contributed by atoms with Crippen molar-refractivity contribution in [2.45, 2.75) is 39.5 Å². The quantitative estimate of drug-likeness (QED) is 0.653. The molecule has 0 N–H and O–H groups in total. The van der Waals surface area contributed by atoms with Crippen LogP contribution in [-0.2, 0) is 17.6 Å². The van der Waals surface area contributed by atoms with E-state index in [2.05, 4.69) is 38.1 Å². The van der Waals surface area contributed by atoms with Crippen molar-refractivity contribution in [1.29, 1.82) is 0 Å². The highest BCUT2D eigenvalue weighted by Gasteiger charge is 1.96. The van der Waals surface area contributed by atoms with Gasteiger partial charge in [-0.1, -0.05) is 37.6 Å². The van der Waals surface area contributed by atoms with E-state index in [1.165, 1.54) is 36.0 Å². The number of rotatable bonds is 6. The Morgan fingerprint density at radius 3 is 2.38 bits per heavy atom. The first-order valence-electron chi connectivity index (χ1n) is 6.02. The van der Waals surface area contributed by atoms with Gasteiger partial charge in [0.15, 0.2) is 0 Å². The normalized spacial score (nSPS) is 11.6.